The maximum atomic E-state index is 5.86. The van der Waals surface area contributed by atoms with E-state index in [1.807, 2.05) is 0 Å². The quantitative estimate of drug-likeness (QED) is 0.658. The van der Waals surface area contributed by atoms with E-state index in [2.05, 4.69) is 21.6 Å². The molecule has 0 bridgehead atoms. The Morgan fingerprint density at radius 3 is 2.38 bits per heavy atom. The molecule has 0 aliphatic carbocycles. The summed E-state index contributed by atoms with van der Waals surface area (Å²) in [5.74, 6) is 0. The monoisotopic (exact) mass is 339 g/mol. The summed E-state index contributed by atoms with van der Waals surface area (Å²) < 4.78 is 11.6. The minimum Gasteiger partial charge on any atom is -0.377 e. The minimum atomic E-state index is 0.353. The standard InChI is InChI=1S/C19H37N3O2/c1-2-20-10-12-22(13-11-20)18-6-8-21(9-7-18)14-16-23-17-19-5-3-4-15-24-19/h18-19H,2-17H2,1H3/t19-/m1/s1. The second-order valence-electron chi connectivity index (χ2n) is 7.61. The van der Waals surface area contributed by atoms with Gasteiger partial charge in [0.05, 0.1) is 19.3 Å². The van der Waals surface area contributed by atoms with E-state index < -0.39 is 0 Å². The Balaban J connectivity index is 1.24. The van der Waals surface area contributed by atoms with E-state index in [-0.39, 0.29) is 0 Å². The van der Waals surface area contributed by atoms with E-state index in [4.69, 9.17) is 9.47 Å². The first kappa shape index (κ1) is 18.6. The van der Waals surface area contributed by atoms with E-state index in [1.165, 1.54) is 77.9 Å². The Kier molecular flexibility index (Phi) is 7.80. The van der Waals surface area contributed by atoms with E-state index in [9.17, 15) is 0 Å². The molecule has 3 heterocycles. The van der Waals surface area contributed by atoms with Gasteiger partial charge in [-0.2, -0.15) is 0 Å². The molecule has 3 aliphatic heterocycles. The lowest BCUT2D eigenvalue weighted by molar-refractivity contribution is -0.0447. The summed E-state index contributed by atoms with van der Waals surface area (Å²) in [6.45, 7) is 14.7. The Morgan fingerprint density at radius 2 is 1.71 bits per heavy atom. The van der Waals surface area contributed by atoms with Gasteiger partial charge in [0.15, 0.2) is 0 Å². The zero-order valence-electron chi connectivity index (χ0n) is 15.6. The summed E-state index contributed by atoms with van der Waals surface area (Å²) >= 11 is 0. The molecule has 5 heteroatoms. The van der Waals surface area contributed by atoms with Crippen LogP contribution < -0.4 is 0 Å². The zero-order valence-corrected chi connectivity index (χ0v) is 15.6. The Bertz CT molecular complexity index is 334. The van der Waals surface area contributed by atoms with Crippen LogP contribution >= 0.6 is 0 Å². The van der Waals surface area contributed by atoms with Gasteiger partial charge >= 0.3 is 0 Å². The molecule has 24 heavy (non-hydrogen) atoms. The molecular formula is C19H37N3O2. The number of piperazine rings is 1. The van der Waals surface area contributed by atoms with E-state index >= 15 is 0 Å². The number of ether oxygens (including phenoxy) is 2. The van der Waals surface area contributed by atoms with Crippen LogP contribution in [0.2, 0.25) is 0 Å². The number of likely N-dealkylation sites (N-methyl/N-ethyl adjacent to an activating group) is 1. The third-order valence-corrected chi connectivity index (χ3v) is 6.06. The van der Waals surface area contributed by atoms with Crippen molar-refractivity contribution < 1.29 is 9.47 Å². The van der Waals surface area contributed by atoms with Crippen LogP contribution in [0.3, 0.4) is 0 Å². The Labute approximate surface area is 148 Å². The first-order chi connectivity index (χ1) is 11.8. The predicted octanol–water partition coefficient (Wildman–Crippen LogP) is 1.67. The van der Waals surface area contributed by atoms with Crippen molar-refractivity contribution in [1.29, 1.82) is 0 Å². The molecule has 3 aliphatic rings. The molecule has 0 amide bonds. The van der Waals surface area contributed by atoms with Crippen LogP contribution in [-0.4, -0.2) is 99.0 Å². The van der Waals surface area contributed by atoms with Gasteiger partial charge < -0.3 is 19.3 Å². The molecule has 0 aromatic carbocycles. The van der Waals surface area contributed by atoms with Crippen LogP contribution in [0, 0.1) is 0 Å². The molecule has 3 rings (SSSR count). The highest BCUT2D eigenvalue weighted by Crippen LogP contribution is 2.18. The lowest BCUT2D eigenvalue weighted by Gasteiger charge is -2.42. The molecule has 0 spiro atoms. The summed E-state index contributed by atoms with van der Waals surface area (Å²) in [7, 11) is 0. The second-order valence-corrected chi connectivity index (χ2v) is 7.61. The Morgan fingerprint density at radius 1 is 0.917 bits per heavy atom. The summed E-state index contributed by atoms with van der Waals surface area (Å²) in [5, 5.41) is 0. The van der Waals surface area contributed by atoms with Gasteiger partial charge in [0.25, 0.3) is 0 Å². The van der Waals surface area contributed by atoms with Crippen molar-refractivity contribution in [2.75, 3.05) is 72.2 Å². The Hall–Kier alpha value is -0.200. The highest BCUT2D eigenvalue weighted by Gasteiger charge is 2.26. The average molecular weight is 340 g/mol. The van der Waals surface area contributed by atoms with Crippen LogP contribution in [-0.2, 0) is 9.47 Å². The van der Waals surface area contributed by atoms with Gasteiger partial charge in [-0.05, 0) is 51.7 Å². The largest absolute Gasteiger partial charge is 0.377 e. The molecule has 0 N–H and O–H groups in total. The molecule has 5 nitrogen and oxygen atoms in total. The van der Waals surface area contributed by atoms with Crippen LogP contribution in [0.5, 0.6) is 0 Å². The van der Waals surface area contributed by atoms with E-state index in [0.717, 1.165) is 32.4 Å². The number of likely N-dealkylation sites (tertiary alicyclic amines) is 1. The molecule has 3 saturated heterocycles. The fraction of sp³-hybridized carbons (Fsp3) is 1.00. The van der Waals surface area contributed by atoms with Crippen molar-refractivity contribution in [3.63, 3.8) is 0 Å². The van der Waals surface area contributed by atoms with Crippen molar-refractivity contribution in [3.8, 4) is 0 Å². The predicted molar refractivity (Wildman–Crippen MR) is 97.6 cm³/mol. The summed E-state index contributed by atoms with van der Waals surface area (Å²) in [4.78, 5) is 7.89. The third-order valence-electron chi connectivity index (χ3n) is 6.06. The van der Waals surface area contributed by atoms with Crippen LogP contribution in [0.4, 0.5) is 0 Å². The lowest BCUT2D eigenvalue weighted by Crippen LogP contribution is -2.53. The molecule has 0 aromatic rings. The van der Waals surface area contributed by atoms with Crippen LogP contribution in [0.25, 0.3) is 0 Å². The first-order valence-corrected chi connectivity index (χ1v) is 10.2. The van der Waals surface area contributed by atoms with E-state index in [1.54, 1.807) is 0 Å². The number of nitrogens with zero attached hydrogens (tertiary/aromatic N) is 3. The zero-order chi connectivity index (χ0) is 16.6. The highest BCUT2D eigenvalue weighted by atomic mass is 16.5. The van der Waals surface area contributed by atoms with Crippen molar-refractivity contribution in [3.05, 3.63) is 0 Å². The molecule has 1 atom stereocenters. The van der Waals surface area contributed by atoms with Crippen molar-refractivity contribution in [2.24, 2.45) is 0 Å². The fourth-order valence-electron chi connectivity index (χ4n) is 4.30. The van der Waals surface area contributed by atoms with E-state index in [0.29, 0.717) is 6.10 Å². The number of hydrogen-bond donors (Lipinski definition) is 0. The van der Waals surface area contributed by atoms with Gasteiger partial charge in [0.2, 0.25) is 0 Å². The van der Waals surface area contributed by atoms with Gasteiger partial charge in [-0.3, -0.25) is 4.90 Å². The smallest absolute Gasteiger partial charge is 0.0808 e. The molecular weight excluding hydrogens is 302 g/mol. The highest BCUT2D eigenvalue weighted by molar-refractivity contribution is 4.83. The van der Waals surface area contributed by atoms with Gasteiger partial charge in [-0.15, -0.1) is 0 Å². The molecule has 140 valence electrons. The first-order valence-electron chi connectivity index (χ1n) is 10.2. The number of piperidine rings is 1. The molecule has 0 aromatic heterocycles. The molecule has 3 fully saturated rings. The fourth-order valence-corrected chi connectivity index (χ4v) is 4.30. The second kappa shape index (κ2) is 10.1. The van der Waals surface area contributed by atoms with Gasteiger partial charge in [-0.25, -0.2) is 0 Å². The maximum absolute atomic E-state index is 5.86. The SMILES string of the molecule is CCN1CCN(C2CCN(CCOC[C@H]3CCCCO3)CC2)CC1. The third kappa shape index (κ3) is 5.67. The normalized spacial score (nSPS) is 29.1. The average Bonchev–Trinajstić information content (AvgIpc) is 2.67. The molecule has 0 radical (unpaired) electrons. The number of hydrogen-bond acceptors (Lipinski definition) is 5. The summed E-state index contributed by atoms with van der Waals surface area (Å²) in [6, 6.07) is 0.816. The number of rotatable bonds is 7. The van der Waals surface area contributed by atoms with Gasteiger partial charge in [0, 0.05) is 45.4 Å². The lowest BCUT2D eigenvalue weighted by atomic mass is 10.0. The summed E-state index contributed by atoms with van der Waals surface area (Å²) in [6.07, 6.45) is 6.71. The van der Waals surface area contributed by atoms with Gasteiger partial charge in [-0.1, -0.05) is 6.92 Å². The maximum Gasteiger partial charge on any atom is 0.0808 e. The van der Waals surface area contributed by atoms with Gasteiger partial charge in [0.1, 0.15) is 0 Å². The molecule has 0 saturated carbocycles. The summed E-state index contributed by atoms with van der Waals surface area (Å²) in [5.41, 5.74) is 0. The van der Waals surface area contributed by atoms with Crippen molar-refractivity contribution >= 4 is 0 Å². The minimum absolute atomic E-state index is 0.353. The molecule has 0 unspecified atom stereocenters. The van der Waals surface area contributed by atoms with Crippen molar-refractivity contribution in [2.45, 2.75) is 51.2 Å². The van der Waals surface area contributed by atoms with Crippen LogP contribution in [0.1, 0.15) is 39.0 Å². The topological polar surface area (TPSA) is 28.2 Å². The van der Waals surface area contributed by atoms with Crippen LogP contribution in [0.15, 0.2) is 0 Å². The van der Waals surface area contributed by atoms with Crippen molar-refractivity contribution in [1.82, 2.24) is 14.7 Å².